The highest BCUT2D eigenvalue weighted by molar-refractivity contribution is 7.93. The third kappa shape index (κ3) is 6.08. The van der Waals surface area contributed by atoms with Crippen molar-refractivity contribution < 1.29 is 35.5 Å². The molecule has 1 saturated heterocycles. The minimum Gasteiger partial charge on any atom is -0.490 e. The first-order valence-electron chi connectivity index (χ1n) is 10.7. The second kappa shape index (κ2) is 10.7. The smallest absolute Gasteiger partial charge is 0.314 e. The predicted molar refractivity (Wildman–Crippen MR) is 128 cm³/mol. The van der Waals surface area contributed by atoms with Gasteiger partial charge in [0, 0.05) is 25.1 Å². The standard InChI is InChI=1S/C22H19ClF4N4O4S2/c23-19-8-29-22(36-19)30-37(33,34)18-7-13(24)6-17(20(18)27)35-10-12-9-31(21(28)32)4-3-14(12)11-1-2-15(25)16(26)5-11/h1-2,5-8,12,14H,3-4,9-10H2,(H2,28,32)(H,29,30)/t12-,14-/m1/s1. The first-order chi connectivity index (χ1) is 17.4. The lowest BCUT2D eigenvalue weighted by Crippen LogP contribution is -2.47. The van der Waals surface area contributed by atoms with E-state index in [1.807, 2.05) is 4.72 Å². The summed E-state index contributed by atoms with van der Waals surface area (Å²) in [5, 5.41) is -0.153. The fourth-order valence-corrected chi connectivity index (χ4v) is 6.25. The van der Waals surface area contributed by atoms with Gasteiger partial charge in [-0.15, -0.1) is 0 Å². The molecule has 1 aromatic heterocycles. The van der Waals surface area contributed by atoms with Gasteiger partial charge in [-0.1, -0.05) is 29.0 Å². The van der Waals surface area contributed by atoms with Crippen molar-refractivity contribution in [1.82, 2.24) is 9.88 Å². The van der Waals surface area contributed by atoms with E-state index < -0.39 is 61.8 Å². The summed E-state index contributed by atoms with van der Waals surface area (Å²) in [7, 11) is -4.60. The van der Waals surface area contributed by atoms with Crippen molar-refractivity contribution in [2.45, 2.75) is 17.2 Å². The molecule has 3 aromatic rings. The van der Waals surface area contributed by atoms with E-state index in [0.717, 1.165) is 23.5 Å². The molecule has 1 aliphatic heterocycles. The number of aromatic nitrogens is 1. The topological polar surface area (TPSA) is 115 Å². The minimum absolute atomic E-state index is 0.0352. The molecule has 1 aliphatic rings. The fourth-order valence-electron chi connectivity index (χ4n) is 4.09. The first kappa shape index (κ1) is 26.9. The number of rotatable bonds is 7. The predicted octanol–water partition coefficient (Wildman–Crippen LogP) is 4.72. The number of nitrogens with two attached hydrogens (primary N) is 1. The zero-order valence-corrected chi connectivity index (χ0v) is 21.1. The summed E-state index contributed by atoms with van der Waals surface area (Å²) in [6.45, 7) is -0.0467. The molecule has 0 unspecified atom stereocenters. The van der Waals surface area contributed by atoms with Crippen LogP contribution in [0.25, 0.3) is 0 Å². The van der Waals surface area contributed by atoms with Crippen LogP contribution < -0.4 is 15.2 Å². The number of anilines is 1. The van der Waals surface area contributed by atoms with Gasteiger partial charge in [0.2, 0.25) is 0 Å². The lowest BCUT2D eigenvalue weighted by atomic mass is 9.81. The van der Waals surface area contributed by atoms with Crippen LogP contribution in [0.2, 0.25) is 4.34 Å². The molecule has 2 heterocycles. The van der Waals surface area contributed by atoms with Gasteiger partial charge in [-0.2, -0.15) is 0 Å². The summed E-state index contributed by atoms with van der Waals surface area (Å²) in [6, 6.07) is 3.83. The Bertz CT molecular complexity index is 1440. The Morgan fingerprint density at radius 1 is 1.22 bits per heavy atom. The van der Waals surface area contributed by atoms with Crippen LogP contribution in [0.15, 0.2) is 41.4 Å². The lowest BCUT2D eigenvalue weighted by Gasteiger charge is -2.38. The summed E-state index contributed by atoms with van der Waals surface area (Å²) in [5.41, 5.74) is 5.80. The van der Waals surface area contributed by atoms with Gasteiger partial charge < -0.3 is 15.4 Å². The molecule has 2 amide bonds. The van der Waals surface area contributed by atoms with Gasteiger partial charge in [0.25, 0.3) is 10.0 Å². The number of urea groups is 1. The van der Waals surface area contributed by atoms with Gasteiger partial charge in [0.15, 0.2) is 28.3 Å². The van der Waals surface area contributed by atoms with Crippen LogP contribution in [0, 0.1) is 29.2 Å². The number of halogens is 5. The third-order valence-electron chi connectivity index (χ3n) is 5.83. The van der Waals surface area contributed by atoms with E-state index in [1.54, 1.807) is 0 Å². The van der Waals surface area contributed by atoms with Crippen LogP contribution in [-0.4, -0.2) is 44.0 Å². The van der Waals surface area contributed by atoms with E-state index in [2.05, 4.69) is 4.98 Å². The number of carbonyl (C=O) groups excluding carboxylic acids is 1. The number of thiazole rings is 1. The Morgan fingerprint density at radius 2 is 1.97 bits per heavy atom. The van der Waals surface area contributed by atoms with Crippen molar-refractivity contribution in [3.8, 4) is 5.75 Å². The molecule has 3 N–H and O–H groups in total. The summed E-state index contributed by atoms with van der Waals surface area (Å²) < 4.78 is 89.9. The molecule has 0 aliphatic carbocycles. The number of ether oxygens (including phenoxy) is 1. The monoisotopic (exact) mass is 578 g/mol. The van der Waals surface area contributed by atoms with Crippen molar-refractivity contribution in [3.05, 3.63) is 69.7 Å². The number of amides is 2. The highest BCUT2D eigenvalue weighted by Gasteiger charge is 2.34. The van der Waals surface area contributed by atoms with Gasteiger partial charge in [-0.05, 0) is 36.1 Å². The van der Waals surface area contributed by atoms with Gasteiger partial charge in [-0.3, -0.25) is 4.72 Å². The Kier molecular flexibility index (Phi) is 7.80. The number of likely N-dealkylation sites (tertiary alicyclic amines) is 1. The average Bonchev–Trinajstić information content (AvgIpc) is 3.24. The molecule has 0 bridgehead atoms. The van der Waals surface area contributed by atoms with Crippen molar-refractivity contribution in [3.63, 3.8) is 0 Å². The molecule has 1 fully saturated rings. The van der Waals surface area contributed by atoms with Crippen LogP contribution in [0.5, 0.6) is 5.75 Å². The lowest BCUT2D eigenvalue weighted by molar-refractivity contribution is 0.124. The van der Waals surface area contributed by atoms with Gasteiger partial charge in [0.1, 0.15) is 15.0 Å². The maximum absolute atomic E-state index is 15.2. The van der Waals surface area contributed by atoms with Crippen LogP contribution in [0.4, 0.5) is 27.5 Å². The number of carbonyl (C=O) groups is 1. The quantitative estimate of drug-likeness (QED) is 0.394. The SMILES string of the molecule is NC(=O)N1CC[C@H](c2ccc(F)c(F)c2)[C@@H](COc2cc(F)cc(S(=O)(=O)Nc3ncc(Cl)s3)c2F)C1. The van der Waals surface area contributed by atoms with E-state index in [9.17, 15) is 26.4 Å². The maximum atomic E-state index is 15.2. The first-order valence-corrected chi connectivity index (χ1v) is 13.4. The number of nitrogens with zero attached hydrogens (tertiary/aromatic N) is 2. The molecule has 4 rings (SSSR count). The zero-order valence-electron chi connectivity index (χ0n) is 18.8. The van der Waals surface area contributed by atoms with E-state index >= 15 is 4.39 Å². The number of sulfonamides is 1. The Labute approximate surface area is 218 Å². The zero-order chi connectivity index (χ0) is 26.9. The van der Waals surface area contributed by atoms with Crippen LogP contribution in [0.1, 0.15) is 17.9 Å². The highest BCUT2D eigenvalue weighted by atomic mass is 35.5. The molecule has 37 heavy (non-hydrogen) atoms. The molecule has 0 spiro atoms. The number of hydrogen-bond donors (Lipinski definition) is 2. The molecule has 2 atom stereocenters. The van der Waals surface area contributed by atoms with Crippen molar-refractivity contribution in [2.75, 3.05) is 24.4 Å². The molecule has 2 aromatic carbocycles. The van der Waals surface area contributed by atoms with Gasteiger partial charge in [-0.25, -0.2) is 35.8 Å². The summed E-state index contributed by atoms with van der Waals surface area (Å²) in [4.78, 5) is 15.7. The molecule has 198 valence electrons. The maximum Gasteiger partial charge on any atom is 0.314 e. The van der Waals surface area contributed by atoms with Gasteiger partial charge >= 0.3 is 6.03 Å². The van der Waals surface area contributed by atoms with Crippen molar-refractivity contribution in [2.24, 2.45) is 11.7 Å². The Morgan fingerprint density at radius 3 is 2.62 bits per heavy atom. The van der Waals surface area contributed by atoms with E-state index in [4.69, 9.17) is 22.1 Å². The van der Waals surface area contributed by atoms with Crippen molar-refractivity contribution >= 4 is 44.1 Å². The number of primary amides is 1. The van der Waals surface area contributed by atoms with Gasteiger partial charge in [0.05, 0.1) is 12.8 Å². The second-order valence-electron chi connectivity index (χ2n) is 8.22. The van der Waals surface area contributed by atoms with Crippen LogP contribution >= 0.6 is 22.9 Å². The number of nitrogens with one attached hydrogen (secondary N) is 1. The number of benzene rings is 2. The van der Waals surface area contributed by atoms with E-state index in [-0.39, 0.29) is 29.2 Å². The second-order valence-corrected chi connectivity index (χ2v) is 11.5. The van der Waals surface area contributed by atoms with E-state index in [0.29, 0.717) is 24.1 Å². The van der Waals surface area contributed by atoms with Crippen LogP contribution in [0.3, 0.4) is 0 Å². The molecule has 8 nitrogen and oxygen atoms in total. The molecule has 15 heteroatoms. The average molecular weight is 579 g/mol. The molecule has 0 radical (unpaired) electrons. The third-order valence-corrected chi connectivity index (χ3v) is 8.33. The summed E-state index contributed by atoms with van der Waals surface area (Å²) >= 11 is 6.51. The minimum atomic E-state index is -4.60. The normalized spacial score (nSPS) is 18.0. The number of piperidine rings is 1. The number of hydrogen-bond acceptors (Lipinski definition) is 6. The van der Waals surface area contributed by atoms with Crippen LogP contribution in [-0.2, 0) is 10.0 Å². The molecular weight excluding hydrogens is 560 g/mol. The molecular formula is C22H19ClF4N4O4S2. The fraction of sp³-hybridized carbons (Fsp3) is 0.273. The highest BCUT2D eigenvalue weighted by Crippen LogP contribution is 2.35. The summed E-state index contributed by atoms with van der Waals surface area (Å²) in [6.07, 6.45) is 1.50. The van der Waals surface area contributed by atoms with E-state index in [1.165, 1.54) is 17.2 Å². The largest absolute Gasteiger partial charge is 0.490 e. The van der Waals surface area contributed by atoms with Crippen molar-refractivity contribution in [1.29, 1.82) is 0 Å². The Hall–Kier alpha value is -3.10. The Balaban J connectivity index is 1.60. The summed E-state index contributed by atoms with van der Waals surface area (Å²) in [5.74, 6) is -6.27. The molecule has 0 saturated carbocycles.